The molecule has 0 radical (unpaired) electrons. The van der Waals surface area contributed by atoms with Crippen LogP contribution in [-0.4, -0.2) is 52.0 Å². The van der Waals surface area contributed by atoms with Gasteiger partial charge in [-0.1, -0.05) is 20.8 Å². The van der Waals surface area contributed by atoms with E-state index in [1.807, 2.05) is 13.8 Å². The van der Waals surface area contributed by atoms with E-state index in [4.69, 9.17) is 4.74 Å². The van der Waals surface area contributed by atoms with Gasteiger partial charge in [0.05, 0.1) is 12.1 Å². The van der Waals surface area contributed by atoms with Crippen molar-refractivity contribution in [3.05, 3.63) is 0 Å². The molecule has 2 aliphatic heterocycles. The Morgan fingerprint density at radius 2 is 1.87 bits per heavy atom. The molecule has 0 saturated carbocycles. The zero-order valence-electron chi connectivity index (χ0n) is 14.4. The van der Waals surface area contributed by atoms with Gasteiger partial charge in [0.1, 0.15) is 0 Å². The summed E-state index contributed by atoms with van der Waals surface area (Å²) in [5, 5.41) is 10.8. The molecule has 0 bridgehead atoms. The highest BCUT2D eigenvalue weighted by Gasteiger charge is 2.52. The third-order valence-electron chi connectivity index (χ3n) is 5.13. The summed E-state index contributed by atoms with van der Waals surface area (Å²) in [5.74, 6) is -4.27. The first-order chi connectivity index (χ1) is 10.7. The van der Waals surface area contributed by atoms with Crippen molar-refractivity contribution in [2.45, 2.75) is 71.3 Å². The monoisotopic (exact) mass is 325 g/mol. The topological polar surface area (TPSA) is 83.9 Å². The zero-order chi connectivity index (χ0) is 17.4. The fourth-order valence-corrected chi connectivity index (χ4v) is 3.48. The Hall–Kier alpha value is -1.27. The molecule has 0 aliphatic carbocycles. The van der Waals surface area contributed by atoms with Gasteiger partial charge in [0.15, 0.2) is 5.78 Å². The predicted molar refractivity (Wildman–Crippen MR) is 83.5 cm³/mol. The van der Waals surface area contributed by atoms with E-state index in [0.717, 1.165) is 6.42 Å². The molecule has 0 spiro atoms. The number of ketones is 2. The molecule has 4 atom stereocenters. The standard InChI is InChI=1S/C17H27NO5/c1-10(2)14-8-7-11(3)17(22,23-14)15(20)16(21)18-9-5-6-13(18)12(4)19/h10-11,13-14,22H,5-9H2,1-4H3/t11-,13+,14?,17-/m1/s1. The van der Waals surface area contributed by atoms with Crippen molar-refractivity contribution in [2.75, 3.05) is 6.54 Å². The lowest BCUT2D eigenvalue weighted by Crippen LogP contribution is -2.59. The number of hydrogen-bond donors (Lipinski definition) is 1. The van der Waals surface area contributed by atoms with E-state index in [1.54, 1.807) is 6.92 Å². The van der Waals surface area contributed by atoms with Crippen LogP contribution in [-0.2, 0) is 19.1 Å². The number of ether oxygens (including phenoxy) is 1. The average Bonchev–Trinajstić information content (AvgIpc) is 2.98. The quantitative estimate of drug-likeness (QED) is 0.788. The Balaban J connectivity index is 2.19. The van der Waals surface area contributed by atoms with E-state index in [-0.39, 0.29) is 17.8 Å². The number of rotatable bonds is 4. The minimum Gasteiger partial charge on any atom is -0.359 e. The maximum absolute atomic E-state index is 12.7. The van der Waals surface area contributed by atoms with Gasteiger partial charge in [0.25, 0.3) is 11.7 Å². The molecule has 2 saturated heterocycles. The maximum Gasteiger partial charge on any atom is 0.296 e. The van der Waals surface area contributed by atoms with Crippen molar-refractivity contribution in [1.82, 2.24) is 4.90 Å². The number of nitrogens with zero attached hydrogens (tertiary/aromatic N) is 1. The Bertz CT molecular complexity index is 503. The van der Waals surface area contributed by atoms with Crippen molar-refractivity contribution in [3.63, 3.8) is 0 Å². The van der Waals surface area contributed by atoms with Crippen molar-refractivity contribution in [3.8, 4) is 0 Å². The number of carbonyl (C=O) groups excluding carboxylic acids is 3. The van der Waals surface area contributed by atoms with E-state index in [2.05, 4.69) is 0 Å². The summed E-state index contributed by atoms with van der Waals surface area (Å²) in [6.45, 7) is 7.42. The molecule has 6 nitrogen and oxygen atoms in total. The molecule has 2 aliphatic rings. The van der Waals surface area contributed by atoms with Crippen LogP contribution in [0.2, 0.25) is 0 Å². The normalized spacial score (nSPS) is 34.7. The van der Waals surface area contributed by atoms with Gasteiger partial charge < -0.3 is 14.7 Å². The van der Waals surface area contributed by atoms with Crippen LogP contribution in [0.3, 0.4) is 0 Å². The molecule has 0 aromatic carbocycles. The summed E-state index contributed by atoms with van der Waals surface area (Å²) < 4.78 is 5.66. The Kier molecular flexibility index (Phi) is 5.26. The molecular weight excluding hydrogens is 298 g/mol. The Morgan fingerprint density at radius 1 is 1.22 bits per heavy atom. The first kappa shape index (κ1) is 18.1. The molecule has 130 valence electrons. The van der Waals surface area contributed by atoms with Crippen LogP contribution >= 0.6 is 0 Å². The van der Waals surface area contributed by atoms with E-state index in [0.29, 0.717) is 25.8 Å². The Morgan fingerprint density at radius 3 is 2.43 bits per heavy atom. The molecule has 0 aromatic rings. The van der Waals surface area contributed by atoms with Crippen molar-refractivity contribution >= 4 is 17.5 Å². The number of hydrogen-bond acceptors (Lipinski definition) is 5. The second-order valence-corrected chi connectivity index (χ2v) is 7.17. The number of carbonyl (C=O) groups is 3. The zero-order valence-corrected chi connectivity index (χ0v) is 14.4. The number of Topliss-reactive ketones (excluding diaryl/α,β-unsaturated/α-hetero) is 2. The third-order valence-corrected chi connectivity index (χ3v) is 5.13. The second kappa shape index (κ2) is 6.69. The summed E-state index contributed by atoms with van der Waals surface area (Å²) in [7, 11) is 0. The summed E-state index contributed by atoms with van der Waals surface area (Å²) >= 11 is 0. The number of aliphatic hydroxyl groups is 1. The van der Waals surface area contributed by atoms with Crippen LogP contribution in [0.5, 0.6) is 0 Å². The molecule has 6 heteroatoms. The lowest BCUT2D eigenvalue weighted by molar-refractivity contribution is -0.268. The van der Waals surface area contributed by atoms with E-state index >= 15 is 0 Å². The molecular formula is C17H27NO5. The highest BCUT2D eigenvalue weighted by atomic mass is 16.6. The summed E-state index contributed by atoms with van der Waals surface area (Å²) in [6, 6.07) is -0.560. The van der Waals surface area contributed by atoms with E-state index < -0.39 is 29.4 Å². The number of amides is 1. The summed E-state index contributed by atoms with van der Waals surface area (Å²) in [4.78, 5) is 38.2. The largest absolute Gasteiger partial charge is 0.359 e. The van der Waals surface area contributed by atoms with Gasteiger partial charge in [0.2, 0.25) is 5.79 Å². The van der Waals surface area contributed by atoms with Crippen LogP contribution < -0.4 is 0 Å². The van der Waals surface area contributed by atoms with Gasteiger partial charge in [-0.25, -0.2) is 0 Å². The van der Waals surface area contributed by atoms with Crippen LogP contribution in [0, 0.1) is 11.8 Å². The van der Waals surface area contributed by atoms with Gasteiger partial charge in [-0.05, 0) is 38.5 Å². The van der Waals surface area contributed by atoms with Gasteiger partial charge in [-0.15, -0.1) is 0 Å². The molecule has 2 rings (SSSR count). The third kappa shape index (κ3) is 3.33. The molecule has 0 aromatic heterocycles. The fraction of sp³-hybridized carbons (Fsp3) is 0.824. The molecule has 1 unspecified atom stereocenters. The van der Waals surface area contributed by atoms with E-state index in [9.17, 15) is 19.5 Å². The highest BCUT2D eigenvalue weighted by molar-refractivity contribution is 6.39. The van der Waals surface area contributed by atoms with Crippen molar-refractivity contribution in [2.24, 2.45) is 11.8 Å². The maximum atomic E-state index is 12.7. The predicted octanol–water partition coefficient (Wildman–Crippen LogP) is 1.30. The second-order valence-electron chi connectivity index (χ2n) is 7.17. The van der Waals surface area contributed by atoms with E-state index in [1.165, 1.54) is 11.8 Å². The van der Waals surface area contributed by atoms with Gasteiger partial charge in [0, 0.05) is 12.5 Å². The van der Waals surface area contributed by atoms with Crippen molar-refractivity contribution < 1.29 is 24.2 Å². The smallest absolute Gasteiger partial charge is 0.296 e. The van der Waals surface area contributed by atoms with Crippen molar-refractivity contribution in [1.29, 1.82) is 0 Å². The number of likely N-dealkylation sites (tertiary alicyclic amines) is 1. The highest BCUT2D eigenvalue weighted by Crippen LogP contribution is 2.36. The molecule has 2 fully saturated rings. The van der Waals surface area contributed by atoms with Gasteiger partial charge in [-0.2, -0.15) is 0 Å². The van der Waals surface area contributed by atoms with Crippen LogP contribution in [0.25, 0.3) is 0 Å². The van der Waals surface area contributed by atoms with Crippen LogP contribution in [0.4, 0.5) is 0 Å². The first-order valence-electron chi connectivity index (χ1n) is 8.44. The molecule has 2 heterocycles. The fourth-order valence-electron chi connectivity index (χ4n) is 3.48. The van der Waals surface area contributed by atoms with Gasteiger partial charge >= 0.3 is 0 Å². The minimum atomic E-state index is -2.09. The van der Waals surface area contributed by atoms with Crippen LogP contribution in [0.15, 0.2) is 0 Å². The average molecular weight is 325 g/mol. The lowest BCUT2D eigenvalue weighted by atomic mass is 9.84. The summed E-state index contributed by atoms with van der Waals surface area (Å²) in [5.41, 5.74) is 0. The SMILES string of the molecule is CC(=O)[C@@H]1CCCN1C(=O)C(=O)[C@]1(O)OC(C(C)C)CC[C@H]1C. The lowest BCUT2D eigenvalue weighted by Gasteiger charge is -2.42. The molecule has 1 amide bonds. The van der Waals surface area contributed by atoms with Crippen LogP contribution in [0.1, 0.15) is 53.4 Å². The molecule has 23 heavy (non-hydrogen) atoms. The minimum absolute atomic E-state index is 0.131. The van der Waals surface area contributed by atoms with Gasteiger partial charge in [-0.3, -0.25) is 14.4 Å². The first-order valence-corrected chi connectivity index (χ1v) is 8.44. The Labute approximate surface area is 137 Å². The summed E-state index contributed by atoms with van der Waals surface area (Å²) in [6.07, 6.45) is 2.37. The molecule has 1 N–H and O–H groups in total.